The van der Waals surface area contributed by atoms with Gasteiger partial charge in [0.2, 0.25) is 0 Å². The predicted octanol–water partition coefficient (Wildman–Crippen LogP) is 0.266. The molecule has 2 N–H and O–H groups in total. The summed E-state index contributed by atoms with van der Waals surface area (Å²) in [4.78, 5) is 24.6. The van der Waals surface area contributed by atoms with Crippen molar-refractivity contribution in [3.8, 4) is 5.75 Å². The molecule has 0 saturated heterocycles. The molecule has 0 aromatic heterocycles. The first-order valence-corrected chi connectivity index (χ1v) is 6.44. The van der Waals surface area contributed by atoms with Gasteiger partial charge in [0.15, 0.2) is 6.61 Å². The van der Waals surface area contributed by atoms with E-state index in [1.165, 1.54) is 4.90 Å². The van der Waals surface area contributed by atoms with Gasteiger partial charge < -0.3 is 20.1 Å². The zero-order chi connectivity index (χ0) is 15.0. The molecule has 1 rings (SSSR count). The van der Waals surface area contributed by atoms with E-state index in [1.807, 2.05) is 6.92 Å². The fourth-order valence-electron chi connectivity index (χ4n) is 1.56. The number of nitrogens with one attached hydrogen (secondary N) is 1. The van der Waals surface area contributed by atoms with E-state index in [4.69, 9.17) is 9.84 Å². The Balaban J connectivity index is 2.56. The fourth-order valence-corrected chi connectivity index (χ4v) is 1.56. The van der Waals surface area contributed by atoms with Crippen LogP contribution in [0.15, 0.2) is 24.3 Å². The zero-order valence-electron chi connectivity index (χ0n) is 11.8. The third-order valence-corrected chi connectivity index (χ3v) is 2.63. The second-order valence-electron chi connectivity index (χ2n) is 4.22. The van der Waals surface area contributed by atoms with Crippen LogP contribution in [0.4, 0.5) is 0 Å². The van der Waals surface area contributed by atoms with Crippen LogP contribution in [0.1, 0.15) is 17.3 Å². The molecule has 1 aromatic rings. The number of benzene rings is 1. The van der Waals surface area contributed by atoms with E-state index in [-0.39, 0.29) is 31.6 Å². The van der Waals surface area contributed by atoms with Gasteiger partial charge in [0.1, 0.15) is 5.75 Å². The van der Waals surface area contributed by atoms with Gasteiger partial charge in [0, 0.05) is 25.7 Å². The molecular weight excluding hydrogens is 260 g/mol. The summed E-state index contributed by atoms with van der Waals surface area (Å²) >= 11 is 0. The monoisotopic (exact) mass is 280 g/mol. The number of amides is 2. The Morgan fingerprint density at radius 1 is 1.30 bits per heavy atom. The quantitative estimate of drug-likeness (QED) is 0.751. The molecule has 0 fully saturated rings. The molecule has 0 aliphatic rings. The fraction of sp³-hybridized carbons (Fsp3) is 0.429. The lowest BCUT2D eigenvalue weighted by molar-refractivity contribution is -0.122. The first-order chi connectivity index (χ1) is 9.58. The number of rotatable bonds is 7. The summed E-state index contributed by atoms with van der Waals surface area (Å²) < 4.78 is 5.29. The van der Waals surface area contributed by atoms with Crippen molar-refractivity contribution < 1.29 is 19.4 Å². The highest BCUT2D eigenvalue weighted by Crippen LogP contribution is 2.13. The van der Waals surface area contributed by atoms with Gasteiger partial charge in [-0.3, -0.25) is 9.59 Å². The maximum absolute atomic E-state index is 11.9. The molecule has 6 nitrogen and oxygen atoms in total. The summed E-state index contributed by atoms with van der Waals surface area (Å²) in [5.41, 5.74) is 0.506. The van der Waals surface area contributed by atoms with Crippen LogP contribution in [0, 0.1) is 0 Å². The molecule has 0 aliphatic heterocycles. The number of aliphatic hydroxyl groups is 1. The van der Waals surface area contributed by atoms with Gasteiger partial charge >= 0.3 is 0 Å². The second kappa shape index (κ2) is 8.16. The molecule has 0 atom stereocenters. The summed E-state index contributed by atoms with van der Waals surface area (Å²) in [5.74, 6) is 0.169. The van der Waals surface area contributed by atoms with Crippen LogP contribution in [0.3, 0.4) is 0 Å². The van der Waals surface area contributed by atoms with Gasteiger partial charge in [0.25, 0.3) is 11.8 Å². The summed E-state index contributed by atoms with van der Waals surface area (Å²) in [5, 5.41) is 11.4. The zero-order valence-corrected chi connectivity index (χ0v) is 11.8. The van der Waals surface area contributed by atoms with Crippen molar-refractivity contribution in [1.82, 2.24) is 10.2 Å². The summed E-state index contributed by atoms with van der Waals surface area (Å²) in [6, 6.07) is 6.53. The number of hydrogen-bond acceptors (Lipinski definition) is 4. The molecule has 0 spiro atoms. The average molecular weight is 280 g/mol. The first-order valence-electron chi connectivity index (χ1n) is 6.44. The van der Waals surface area contributed by atoms with Crippen molar-refractivity contribution in [2.45, 2.75) is 6.92 Å². The van der Waals surface area contributed by atoms with Gasteiger partial charge in [0.05, 0.1) is 6.61 Å². The lowest BCUT2D eigenvalue weighted by Gasteiger charge is -2.15. The SMILES string of the molecule is CCNC(=O)COc1ccc(C(=O)N(C)CCO)cc1. The largest absolute Gasteiger partial charge is 0.484 e. The van der Waals surface area contributed by atoms with Gasteiger partial charge in [-0.15, -0.1) is 0 Å². The number of carbonyl (C=O) groups excluding carboxylic acids is 2. The van der Waals surface area contributed by atoms with Crippen LogP contribution in [0.2, 0.25) is 0 Å². The van der Waals surface area contributed by atoms with Crippen molar-refractivity contribution in [2.24, 2.45) is 0 Å². The molecule has 1 aromatic carbocycles. The van der Waals surface area contributed by atoms with Crippen LogP contribution >= 0.6 is 0 Å². The minimum atomic E-state index is -0.185. The maximum Gasteiger partial charge on any atom is 0.257 e. The minimum Gasteiger partial charge on any atom is -0.484 e. The van der Waals surface area contributed by atoms with Crippen molar-refractivity contribution in [3.63, 3.8) is 0 Å². The highest BCUT2D eigenvalue weighted by Gasteiger charge is 2.11. The summed E-state index contributed by atoms with van der Waals surface area (Å²) in [7, 11) is 1.62. The molecule has 0 radical (unpaired) electrons. The number of nitrogens with zero attached hydrogens (tertiary/aromatic N) is 1. The lowest BCUT2D eigenvalue weighted by atomic mass is 10.2. The normalized spacial score (nSPS) is 9.95. The third kappa shape index (κ3) is 4.89. The first kappa shape index (κ1) is 16.0. The van der Waals surface area contributed by atoms with E-state index >= 15 is 0 Å². The predicted molar refractivity (Wildman–Crippen MR) is 74.7 cm³/mol. The number of ether oxygens (including phenoxy) is 1. The maximum atomic E-state index is 11.9. The molecular formula is C14H20N2O4. The molecule has 110 valence electrons. The molecule has 0 aliphatic carbocycles. The van der Waals surface area contributed by atoms with Crippen LogP contribution in [0.25, 0.3) is 0 Å². The molecule has 20 heavy (non-hydrogen) atoms. The lowest BCUT2D eigenvalue weighted by Crippen LogP contribution is -2.29. The van der Waals surface area contributed by atoms with Crippen LogP contribution in [0.5, 0.6) is 5.75 Å². The highest BCUT2D eigenvalue weighted by atomic mass is 16.5. The van der Waals surface area contributed by atoms with Gasteiger partial charge in [-0.1, -0.05) is 0 Å². The van der Waals surface area contributed by atoms with Gasteiger partial charge in [-0.2, -0.15) is 0 Å². The van der Waals surface area contributed by atoms with E-state index in [0.29, 0.717) is 17.9 Å². The van der Waals surface area contributed by atoms with E-state index in [1.54, 1.807) is 31.3 Å². The van der Waals surface area contributed by atoms with Crippen LogP contribution < -0.4 is 10.1 Å². The van der Waals surface area contributed by atoms with E-state index in [0.717, 1.165) is 0 Å². The van der Waals surface area contributed by atoms with Gasteiger partial charge in [-0.05, 0) is 31.2 Å². The van der Waals surface area contributed by atoms with E-state index in [2.05, 4.69) is 5.32 Å². The Morgan fingerprint density at radius 3 is 2.50 bits per heavy atom. The summed E-state index contributed by atoms with van der Waals surface area (Å²) in [6.07, 6.45) is 0. The average Bonchev–Trinajstić information content (AvgIpc) is 2.45. The smallest absolute Gasteiger partial charge is 0.257 e. The molecule has 0 saturated carbocycles. The standard InChI is InChI=1S/C14H20N2O4/c1-3-15-13(18)10-20-12-6-4-11(5-7-12)14(19)16(2)8-9-17/h4-7,17H,3,8-10H2,1-2H3,(H,15,18). The molecule has 0 unspecified atom stereocenters. The summed E-state index contributed by atoms with van der Waals surface area (Å²) in [6.45, 7) is 2.56. The molecule has 0 heterocycles. The van der Waals surface area contributed by atoms with Crippen LogP contribution in [-0.4, -0.2) is 55.2 Å². The Bertz CT molecular complexity index is 445. The minimum absolute atomic E-state index is 0.0501. The highest BCUT2D eigenvalue weighted by molar-refractivity contribution is 5.94. The number of hydrogen-bond donors (Lipinski definition) is 2. The number of aliphatic hydroxyl groups excluding tert-OH is 1. The van der Waals surface area contributed by atoms with Gasteiger partial charge in [-0.25, -0.2) is 0 Å². The van der Waals surface area contributed by atoms with Crippen molar-refractivity contribution >= 4 is 11.8 Å². The Labute approximate surface area is 118 Å². The van der Waals surface area contributed by atoms with Crippen molar-refractivity contribution in [2.75, 3.05) is 33.4 Å². The van der Waals surface area contributed by atoms with Crippen molar-refractivity contribution in [1.29, 1.82) is 0 Å². The second-order valence-corrected chi connectivity index (χ2v) is 4.22. The Kier molecular flexibility index (Phi) is 6.52. The molecule has 0 bridgehead atoms. The Morgan fingerprint density at radius 2 is 1.95 bits per heavy atom. The van der Waals surface area contributed by atoms with E-state index < -0.39 is 0 Å². The molecule has 2 amide bonds. The topological polar surface area (TPSA) is 78.9 Å². The Hall–Kier alpha value is -2.08. The number of likely N-dealkylation sites (N-methyl/N-ethyl adjacent to an activating group) is 2. The van der Waals surface area contributed by atoms with Crippen molar-refractivity contribution in [3.05, 3.63) is 29.8 Å². The third-order valence-electron chi connectivity index (χ3n) is 2.63. The van der Waals surface area contributed by atoms with Crippen LogP contribution in [-0.2, 0) is 4.79 Å². The van der Waals surface area contributed by atoms with E-state index in [9.17, 15) is 9.59 Å². The number of carbonyl (C=O) groups is 2. The molecule has 6 heteroatoms.